The molecular weight excluding hydrogens is 452 g/mol. The first kappa shape index (κ1) is 21.6. The van der Waals surface area contributed by atoms with Crippen LogP contribution < -0.4 is 15.0 Å². The van der Waals surface area contributed by atoms with Gasteiger partial charge in [-0.15, -0.1) is 0 Å². The number of nitrogens with zero attached hydrogens (tertiary/aromatic N) is 3. The highest BCUT2D eigenvalue weighted by Crippen LogP contribution is 2.45. The Balaban J connectivity index is 1.59. The van der Waals surface area contributed by atoms with Gasteiger partial charge in [-0.3, -0.25) is 15.1 Å². The van der Waals surface area contributed by atoms with Gasteiger partial charge in [0.05, 0.1) is 29.5 Å². The Kier molecular flexibility index (Phi) is 5.69. The maximum atomic E-state index is 11.0. The third-order valence-corrected chi connectivity index (χ3v) is 6.04. The standard InChI is InChI=1S/C25H20N4O4S/c1-32-21-8-3-2-7-19(21)28-24(23(27-25(28)34)18-6-4-5-15-26-18)22-14-13-20(33-22)16-9-11-17(12-10-16)29(30)31/h2-15,23-24H,1H3,(H,27,34)/t23-,24-/m0/s1. The Labute approximate surface area is 201 Å². The minimum Gasteiger partial charge on any atom is -0.495 e. The van der Waals surface area contributed by atoms with E-state index in [9.17, 15) is 10.1 Å². The van der Waals surface area contributed by atoms with E-state index < -0.39 is 4.92 Å². The molecule has 1 fully saturated rings. The fraction of sp³-hybridized carbons (Fsp3) is 0.120. The van der Waals surface area contributed by atoms with Crippen LogP contribution in [-0.2, 0) is 0 Å². The van der Waals surface area contributed by atoms with Crippen LogP contribution in [0.25, 0.3) is 11.3 Å². The zero-order chi connectivity index (χ0) is 23.7. The summed E-state index contributed by atoms with van der Waals surface area (Å²) < 4.78 is 11.9. The van der Waals surface area contributed by atoms with Crippen molar-refractivity contribution in [3.8, 4) is 17.1 Å². The number of ether oxygens (including phenoxy) is 1. The van der Waals surface area contributed by atoms with Gasteiger partial charge in [0.2, 0.25) is 0 Å². The van der Waals surface area contributed by atoms with Crippen LogP contribution in [-0.4, -0.2) is 22.1 Å². The molecule has 2 atom stereocenters. The second-order valence-electron chi connectivity index (χ2n) is 7.67. The minimum atomic E-state index is -0.426. The van der Waals surface area contributed by atoms with Crippen LogP contribution in [0.1, 0.15) is 23.5 Å². The number of anilines is 1. The van der Waals surface area contributed by atoms with Gasteiger partial charge in [-0.25, -0.2) is 0 Å². The summed E-state index contributed by atoms with van der Waals surface area (Å²) in [5.74, 6) is 1.95. The van der Waals surface area contributed by atoms with E-state index >= 15 is 0 Å². The number of nitro benzene ring substituents is 1. The zero-order valence-electron chi connectivity index (χ0n) is 18.1. The monoisotopic (exact) mass is 472 g/mol. The quantitative estimate of drug-likeness (QED) is 0.225. The molecule has 0 saturated carbocycles. The van der Waals surface area contributed by atoms with E-state index in [-0.39, 0.29) is 17.8 Å². The molecule has 0 spiro atoms. The summed E-state index contributed by atoms with van der Waals surface area (Å²) >= 11 is 5.75. The number of aromatic nitrogens is 1. The lowest BCUT2D eigenvalue weighted by atomic mass is 10.0. The molecule has 0 amide bonds. The summed E-state index contributed by atoms with van der Waals surface area (Å²) in [6.07, 6.45) is 1.74. The number of nitrogens with one attached hydrogen (secondary N) is 1. The Hall–Kier alpha value is -4.24. The number of furan rings is 1. The average molecular weight is 473 g/mol. The van der Waals surface area contributed by atoms with Crippen molar-refractivity contribution in [2.24, 2.45) is 0 Å². The number of pyridine rings is 1. The molecule has 34 heavy (non-hydrogen) atoms. The molecule has 1 aliphatic rings. The van der Waals surface area contributed by atoms with Crippen LogP contribution in [0, 0.1) is 10.1 Å². The van der Waals surface area contributed by atoms with E-state index in [2.05, 4.69) is 10.3 Å². The Bertz CT molecular complexity index is 1340. The highest BCUT2D eigenvalue weighted by molar-refractivity contribution is 7.80. The van der Waals surface area contributed by atoms with Gasteiger partial charge >= 0.3 is 0 Å². The number of methoxy groups -OCH3 is 1. The Morgan fingerprint density at radius 3 is 2.53 bits per heavy atom. The third kappa shape index (κ3) is 3.86. The van der Waals surface area contributed by atoms with Gasteiger partial charge in [0.25, 0.3) is 5.69 Å². The second-order valence-corrected chi connectivity index (χ2v) is 8.06. The number of rotatable bonds is 6. The van der Waals surface area contributed by atoms with Crippen molar-refractivity contribution >= 4 is 28.7 Å². The van der Waals surface area contributed by atoms with E-state index in [4.69, 9.17) is 21.4 Å². The summed E-state index contributed by atoms with van der Waals surface area (Å²) in [4.78, 5) is 17.1. The summed E-state index contributed by atoms with van der Waals surface area (Å²) in [6.45, 7) is 0. The molecular formula is C25H20N4O4S. The number of thiocarbonyl (C=S) groups is 1. The molecule has 0 bridgehead atoms. The summed E-state index contributed by atoms with van der Waals surface area (Å²) in [5.41, 5.74) is 2.39. The largest absolute Gasteiger partial charge is 0.495 e. The van der Waals surface area contributed by atoms with Gasteiger partial charge in [-0.2, -0.15) is 0 Å². The lowest BCUT2D eigenvalue weighted by Crippen LogP contribution is -2.29. The Morgan fingerprint density at radius 1 is 1.06 bits per heavy atom. The van der Waals surface area contributed by atoms with Crippen LogP contribution >= 0.6 is 12.2 Å². The van der Waals surface area contributed by atoms with Crippen molar-refractivity contribution in [3.05, 3.63) is 107 Å². The first-order valence-electron chi connectivity index (χ1n) is 10.5. The fourth-order valence-corrected chi connectivity index (χ4v) is 4.49. The van der Waals surface area contributed by atoms with E-state index in [1.807, 2.05) is 59.5 Å². The minimum absolute atomic E-state index is 0.0263. The molecule has 170 valence electrons. The van der Waals surface area contributed by atoms with Crippen molar-refractivity contribution in [1.82, 2.24) is 10.3 Å². The van der Waals surface area contributed by atoms with Gasteiger partial charge in [0.15, 0.2) is 5.11 Å². The molecule has 1 N–H and O–H groups in total. The molecule has 5 rings (SSSR count). The van der Waals surface area contributed by atoms with Crippen LogP contribution in [0.3, 0.4) is 0 Å². The van der Waals surface area contributed by atoms with Crippen LogP contribution in [0.4, 0.5) is 11.4 Å². The van der Waals surface area contributed by atoms with Crippen LogP contribution in [0.2, 0.25) is 0 Å². The van der Waals surface area contributed by atoms with Crippen molar-refractivity contribution in [3.63, 3.8) is 0 Å². The summed E-state index contributed by atoms with van der Waals surface area (Å²) in [5, 5.41) is 14.9. The number of benzene rings is 2. The normalized spacial score (nSPS) is 17.4. The lowest BCUT2D eigenvalue weighted by molar-refractivity contribution is -0.384. The Morgan fingerprint density at radius 2 is 1.82 bits per heavy atom. The lowest BCUT2D eigenvalue weighted by Gasteiger charge is -2.27. The molecule has 2 aromatic heterocycles. The van der Waals surface area contributed by atoms with Crippen molar-refractivity contribution < 1.29 is 14.1 Å². The molecule has 4 aromatic rings. The van der Waals surface area contributed by atoms with Gasteiger partial charge in [0, 0.05) is 23.9 Å². The number of nitro groups is 1. The molecule has 0 aliphatic carbocycles. The molecule has 0 radical (unpaired) electrons. The predicted molar refractivity (Wildman–Crippen MR) is 132 cm³/mol. The molecule has 1 aliphatic heterocycles. The van der Waals surface area contributed by atoms with E-state index in [1.165, 1.54) is 12.1 Å². The number of hydrogen-bond acceptors (Lipinski definition) is 6. The SMILES string of the molecule is COc1ccccc1N1C(=S)N[C@@H](c2ccccn2)[C@@H]1c1ccc(-c2ccc([N+](=O)[O-])cc2)o1. The van der Waals surface area contributed by atoms with Crippen LogP contribution in [0.15, 0.2) is 89.5 Å². The molecule has 8 nitrogen and oxygen atoms in total. The van der Waals surface area contributed by atoms with E-state index in [1.54, 1.807) is 25.4 Å². The van der Waals surface area contributed by atoms with Crippen molar-refractivity contribution in [2.75, 3.05) is 12.0 Å². The predicted octanol–water partition coefficient (Wildman–Crippen LogP) is 5.44. The van der Waals surface area contributed by atoms with Gasteiger partial charge in [-0.1, -0.05) is 18.2 Å². The fourth-order valence-electron chi connectivity index (χ4n) is 4.15. The molecule has 2 aromatic carbocycles. The maximum Gasteiger partial charge on any atom is 0.269 e. The molecule has 0 unspecified atom stereocenters. The van der Waals surface area contributed by atoms with Crippen LogP contribution in [0.5, 0.6) is 5.75 Å². The highest BCUT2D eigenvalue weighted by Gasteiger charge is 2.43. The van der Waals surface area contributed by atoms with Gasteiger partial charge in [0.1, 0.15) is 23.3 Å². The highest BCUT2D eigenvalue weighted by atomic mass is 32.1. The first-order valence-corrected chi connectivity index (χ1v) is 11.0. The van der Waals surface area contributed by atoms with Gasteiger partial charge < -0.3 is 19.4 Å². The number of hydrogen-bond donors (Lipinski definition) is 1. The molecule has 9 heteroatoms. The molecule has 1 saturated heterocycles. The summed E-state index contributed by atoms with van der Waals surface area (Å²) in [7, 11) is 1.62. The topological polar surface area (TPSA) is 93.7 Å². The average Bonchev–Trinajstić information content (AvgIpc) is 3.49. The first-order chi connectivity index (χ1) is 16.6. The second kappa shape index (κ2) is 8.95. The number of para-hydroxylation sites is 2. The van der Waals surface area contributed by atoms with E-state index in [0.29, 0.717) is 22.4 Å². The number of non-ortho nitro benzene ring substituents is 1. The molecule has 3 heterocycles. The smallest absolute Gasteiger partial charge is 0.269 e. The van der Waals surface area contributed by atoms with Gasteiger partial charge in [-0.05, 0) is 60.7 Å². The third-order valence-electron chi connectivity index (χ3n) is 5.72. The van der Waals surface area contributed by atoms with E-state index in [0.717, 1.165) is 16.9 Å². The zero-order valence-corrected chi connectivity index (χ0v) is 18.9. The van der Waals surface area contributed by atoms with Crippen molar-refractivity contribution in [1.29, 1.82) is 0 Å². The summed E-state index contributed by atoms with van der Waals surface area (Å²) in [6, 6.07) is 22.8. The van der Waals surface area contributed by atoms with Crippen molar-refractivity contribution in [2.45, 2.75) is 12.1 Å². The maximum absolute atomic E-state index is 11.0.